The van der Waals surface area contributed by atoms with E-state index >= 15 is 0 Å². The van der Waals surface area contributed by atoms with Gasteiger partial charge in [0, 0.05) is 39.6 Å². The van der Waals surface area contributed by atoms with Gasteiger partial charge < -0.3 is 0 Å². The Bertz CT molecular complexity index is 8820. The van der Waals surface area contributed by atoms with Crippen molar-refractivity contribution in [2.45, 2.75) is 19.3 Å². The summed E-state index contributed by atoms with van der Waals surface area (Å²) in [6.07, 6.45) is 8.01. The Labute approximate surface area is 840 Å². The van der Waals surface area contributed by atoms with E-state index in [1.807, 2.05) is 115 Å². The smallest absolute Gasteiger partial charge is 0.182 e. The number of pyridine rings is 3. The van der Waals surface area contributed by atoms with E-state index in [0.717, 1.165) is 119 Å². The van der Waals surface area contributed by atoms with Gasteiger partial charge in [0.2, 0.25) is 0 Å². The summed E-state index contributed by atoms with van der Waals surface area (Å²) in [6.45, 7) is 2.07. The van der Waals surface area contributed by atoms with Gasteiger partial charge in [0.05, 0.1) is 39.1 Å². The molecule has 0 spiro atoms. The van der Waals surface area contributed by atoms with Crippen LogP contribution < -0.4 is 0 Å². The maximum absolute atomic E-state index is 5.24. The van der Waals surface area contributed by atoms with Crippen molar-refractivity contribution in [3.63, 3.8) is 0 Å². The first-order chi connectivity index (χ1) is 71.8. The van der Waals surface area contributed by atoms with Crippen LogP contribution in [0.2, 0.25) is 0 Å². The van der Waals surface area contributed by atoms with Gasteiger partial charge in [-0.15, -0.1) is 0 Å². The molecule has 26 aromatic rings. The molecule has 27 rings (SSSR count). The maximum atomic E-state index is 5.24. The summed E-state index contributed by atoms with van der Waals surface area (Å²) in [5.74, 6) is 3.44. The van der Waals surface area contributed by atoms with Crippen LogP contribution in [-0.2, 0) is 0 Å². The van der Waals surface area contributed by atoms with Gasteiger partial charge >= 0.3 is 0 Å². The summed E-state index contributed by atoms with van der Waals surface area (Å²) < 4.78 is 4.55. The van der Waals surface area contributed by atoms with Crippen LogP contribution in [0.15, 0.2) is 522 Å². The summed E-state index contributed by atoms with van der Waals surface area (Å²) in [6, 6.07) is 177. The summed E-state index contributed by atoms with van der Waals surface area (Å²) >= 11 is 0. The topological polar surface area (TPSA) is 113 Å². The van der Waals surface area contributed by atoms with Crippen LogP contribution in [0.5, 0.6) is 0 Å². The lowest BCUT2D eigenvalue weighted by Gasteiger charge is -2.24. The lowest BCUT2D eigenvalue weighted by atomic mass is 9.81. The first kappa shape index (κ1) is 87.4. The Hall–Kier alpha value is -19.2. The highest BCUT2D eigenvalue weighted by atomic mass is 15.1. The molecule has 0 aliphatic heterocycles. The molecule has 682 valence electrons. The van der Waals surface area contributed by atoms with Gasteiger partial charge in [0.1, 0.15) is 28.7 Å². The van der Waals surface area contributed by atoms with Gasteiger partial charge in [-0.2, -0.15) is 0 Å². The molecule has 1 unspecified atom stereocenters. The molecule has 10 nitrogen and oxygen atoms in total. The molecule has 0 saturated heterocycles. The number of benzene rings is 20. The Balaban J connectivity index is 0.000000116. The fraction of sp³-hybridized carbons (Fsp3) is 0.0222. The van der Waals surface area contributed by atoms with E-state index in [1.54, 1.807) is 0 Å². The Kier molecular flexibility index (Phi) is 23.2. The van der Waals surface area contributed by atoms with E-state index < -0.39 is 0 Å². The molecule has 0 amide bonds. The van der Waals surface area contributed by atoms with E-state index in [-0.39, 0.29) is 5.92 Å². The number of fused-ring (bicyclic) bond motifs is 8. The van der Waals surface area contributed by atoms with Crippen molar-refractivity contribution in [2.24, 2.45) is 0 Å². The highest BCUT2D eigenvalue weighted by Crippen LogP contribution is 2.49. The molecule has 6 heterocycles. The zero-order valence-corrected chi connectivity index (χ0v) is 79.4. The number of aromatic nitrogens is 10. The average Bonchev–Trinajstić information content (AvgIpc) is 1.20. The van der Waals surface area contributed by atoms with E-state index in [2.05, 4.69) is 423 Å². The predicted octanol–water partition coefficient (Wildman–Crippen LogP) is 34.6. The molecule has 145 heavy (non-hydrogen) atoms. The molecule has 0 bridgehead atoms. The fourth-order valence-electron chi connectivity index (χ4n) is 20.9. The van der Waals surface area contributed by atoms with Gasteiger partial charge in [-0.05, 0) is 241 Å². The van der Waals surface area contributed by atoms with Crippen LogP contribution in [0.1, 0.15) is 23.7 Å². The van der Waals surface area contributed by atoms with Crippen LogP contribution in [0.4, 0.5) is 0 Å². The Morgan fingerprint density at radius 1 is 0.214 bits per heavy atom. The zero-order chi connectivity index (χ0) is 96.5. The van der Waals surface area contributed by atoms with E-state index in [4.69, 9.17) is 39.9 Å². The summed E-state index contributed by atoms with van der Waals surface area (Å²) in [5, 5.41) is 15.4. The molecule has 0 radical (unpaired) electrons. The number of aryl methyl sites for hydroxylation is 1. The molecule has 1 aliphatic carbocycles. The number of rotatable bonds is 16. The molecule has 1 aliphatic rings. The molecule has 6 aromatic heterocycles. The second-order valence-electron chi connectivity index (χ2n) is 36.7. The minimum Gasteiger partial charge on any atom is -0.297 e. The summed E-state index contributed by atoms with van der Waals surface area (Å²) in [7, 11) is 0. The normalized spacial score (nSPS) is 12.4. The van der Waals surface area contributed by atoms with E-state index in [0.29, 0.717) is 34.6 Å². The second-order valence-corrected chi connectivity index (χ2v) is 36.7. The van der Waals surface area contributed by atoms with E-state index in [1.165, 1.54) is 109 Å². The minimum absolute atomic E-state index is 0.254. The van der Waals surface area contributed by atoms with Crippen molar-refractivity contribution in [3.8, 4) is 152 Å². The third-order valence-electron chi connectivity index (χ3n) is 27.8. The standard InChI is InChI=1S/C54H36N6.C43H30N2.C38H26N2/c1-7-19-37(20-8-1)43-31-46(40-25-13-4-14-26-40)55-49(34-43)52-58-53(50-35-44(38-21-9-2-10-22-38)32-47(56-50)41-27-15-5-16-28-41)60-54(59-52)51-36-45(39-23-11-3-12-24-39)33-48(57-51)42-29-17-6-18-30-42;1-2-13-31(14-3-1)43-44-39-20-10-11-21-40(39)45(43)34-26-24-30(25-27-34)41-35-16-6-8-18-37(35)42(38-19-9-7-17-36(38)41)33-23-22-29-12-4-5-15-32(29)28-33;1-25-39-35-16-8-9-17-36(35)40(25)30-22-20-27(21-23-30)37-31-12-4-6-14-33(31)38(34-15-7-5-13-32(34)37)29-19-18-26-10-2-3-11-28(26)24-29/h1-36H;1-24,26-28,30H,25H2;2-24H,1H3. The van der Waals surface area contributed by atoms with Gasteiger partial charge in [-0.1, -0.05) is 431 Å². The van der Waals surface area contributed by atoms with Crippen LogP contribution in [0.3, 0.4) is 0 Å². The average molecular weight is 1850 g/mol. The number of para-hydroxylation sites is 4. The van der Waals surface area contributed by atoms with Crippen molar-refractivity contribution >= 4 is 92.4 Å². The van der Waals surface area contributed by atoms with E-state index in [9.17, 15) is 0 Å². The molecule has 0 fully saturated rings. The minimum atomic E-state index is 0.254. The Morgan fingerprint density at radius 3 is 0.903 bits per heavy atom. The number of hydrogen-bond acceptors (Lipinski definition) is 8. The van der Waals surface area contributed by atoms with Crippen LogP contribution in [0.25, 0.3) is 245 Å². The third kappa shape index (κ3) is 17.2. The SMILES string of the molecule is C1=CC(c2c3ccccc3c(-c3ccc4ccccc4c3)c3ccccc23)CC=C1n1c(-c2ccccc2)nc2ccccc21.Cc1nc2ccccc2n1-c1ccc(-c2c3ccccc3c(-c3ccc4ccccc4c3)c3ccccc23)cc1.c1ccc(-c2cc(-c3ccccc3)nc(-c3nc(-c4cc(-c5ccccc5)cc(-c5ccccc5)n4)nc(-c4cc(-c5ccccc5)cc(-c5ccccc5)n4)n3)c2)cc1. The lowest BCUT2D eigenvalue weighted by Crippen LogP contribution is -2.06. The molecular formula is C135H92N10. The molecule has 1 atom stereocenters. The Morgan fingerprint density at radius 2 is 0.517 bits per heavy atom. The van der Waals surface area contributed by atoms with Gasteiger partial charge in [0.15, 0.2) is 17.5 Å². The quantitative estimate of drug-likeness (QED) is 0.0879. The second kappa shape index (κ2) is 38.6. The van der Waals surface area contributed by atoms with Gasteiger partial charge in [-0.25, -0.2) is 39.9 Å². The maximum Gasteiger partial charge on any atom is 0.182 e. The molecule has 0 N–H and O–H groups in total. The summed E-state index contributed by atoms with van der Waals surface area (Å²) in [4.78, 5) is 41.2. The third-order valence-corrected chi connectivity index (χ3v) is 27.8. The molecular weight excluding hydrogens is 1760 g/mol. The first-order valence-electron chi connectivity index (χ1n) is 49.3. The zero-order valence-electron chi connectivity index (χ0n) is 79.4. The fourth-order valence-corrected chi connectivity index (χ4v) is 20.9. The van der Waals surface area contributed by atoms with Crippen molar-refractivity contribution in [1.82, 2.24) is 49.0 Å². The van der Waals surface area contributed by atoms with Crippen LogP contribution in [0, 0.1) is 6.92 Å². The van der Waals surface area contributed by atoms with Crippen molar-refractivity contribution in [1.29, 1.82) is 0 Å². The first-order valence-corrected chi connectivity index (χ1v) is 49.3. The lowest BCUT2D eigenvalue weighted by molar-refractivity contribution is 0.863. The van der Waals surface area contributed by atoms with Gasteiger partial charge in [-0.3, -0.25) is 9.13 Å². The highest BCUT2D eigenvalue weighted by molar-refractivity contribution is 6.22. The summed E-state index contributed by atoms with van der Waals surface area (Å²) in [5.41, 5.74) is 30.0. The van der Waals surface area contributed by atoms with Crippen LogP contribution in [-0.4, -0.2) is 49.0 Å². The molecule has 10 heteroatoms. The van der Waals surface area contributed by atoms with Crippen molar-refractivity contribution < 1.29 is 0 Å². The largest absolute Gasteiger partial charge is 0.297 e. The van der Waals surface area contributed by atoms with Crippen molar-refractivity contribution in [2.75, 3.05) is 0 Å². The van der Waals surface area contributed by atoms with Gasteiger partial charge in [0.25, 0.3) is 0 Å². The number of imidazole rings is 2. The highest BCUT2D eigenvalue weighted by Gasteiger charge is 2.27. The van der Waals surface area contributed by atoms with Crippen molar-refractivity contribution in [3.05, 3.63) is 533 Å². The number of allylic oxidation sites excluding steroid dienone is 4. The number of hydrogen-bond donors (Lipinski definition) is 0. The van der Waals surface area contributed by atoms with Crippen LogP contribution >= 0.6 is 0 Å². The molecule has 0 saturated carbocycles. The number of nitrogens with zero attached hydrogens (tertiary/aromatic N) is 10. The molecule has 20 aromatic carbocycles. The monoisotopic (exact) mass is 1850 g/mol. The predicted molar refractivity (Wildman–Crippen MR) is 602 cm³/mol.